The molecule has 1 amide bonds. The van der Waals surface area contributed by atoms with Gasteiger partial charge in [0.25, 0.3) is 0 Å². The van der Waals surface area contributed by atoms with Gasteiger partial charge in [-0.15, -0.1) is 0 Å². The van der Waals surface area contributed by atoms with Crippen molar-refractivity contribution in [2.24, 2.45) is 11.7 Å². The predicted octanol–water partition coefficient (Wildman–Crippen LogP) is 1.69. The SMILES string of the molecule is CC(C)Cc1c(O)cccc1C(N)=O. The number of hydrogen-bond donors (Lipinski definition) is 2. The molecule has 1 aromatic rings. The van der Waals surface area contributed by atoms with Crippen LogP contribution in [0.25, 0.3) is 0 Å². The average molecular weight is 193 g/mol. The number of primary amides is 1. The molecule has 0 unspecified atom stereocenters. The number of amides is 1. The lowest BCUT2D eigenvalue weighted by molar-refractivity contribution is 0.0999. The smallest absolute Gasteiger partial charge is 0.249 e. The van der Waals surface area contributed by atoms with Crippen molar-refractivity contribution in [3.8, 4) is 5.75 Å². The van der Waals surface area contributed by atoms with Gasteiger partial charge < -0.3 is 10.8 Å². The number of hydrogen-bond acceptors (Lipinski definition) is 2. The number of carbonyl (C=O) groups is 1. The zero-order valence-electron chi connectivity index (χ0n) is 8.45. The van der Waals surface area contributed by atoms with Gasteiger partial charge in [0.2, 0.25) is 5.91 Å². The van der Waals surface area contributed by atoms with Crippen LogP contribution in [0.3, 0.4) is 0 Å². The van der Waals surface area contributed by atoms with Crippen LogP contribution in [0.4, 0.5) is 0 Å². The first-order valence-corrected chi connectivity index (χ1v) is 4.63. The Balaban J connectivity index is 3.15. The van der Waals surface area contributed by atoms with Gasteiger partial charge in [-0.25, -0.2) is 0 Å². The van der Waals surface area contributed by atoms with Gasteiger partial charge in [-0.05, 0) is 24.5 Å². The quantitative estimate of drug-likeness (QED) is 0.767. The van der Waals surface area contributed by atoms with Crippen LogP contribution in [0, 0.1) is 5.92 Å². The maximum Gasteiger partial charge on any atom is 0.249 e. The minimum absolute atomic E-state index is 0.148. The van der Waals surface area contributed by atoms with E-state index in [9.17, 15) is 9.90 Å². The van der Waals surface area contributed by atoms with E-state index in [1.165, 1.54) is 0 Å². The third-order valence-electron chi connectivity index (χ3n) is 2.03. The fraction of sp³-hybridized carbons (Fsp3) is 0.364. The molecule has 3 heteroatoms. The van der Waals surface area contributed by atoms with Gasteiger partial charge in [0.1, 0.15) is 5.75 Å². The Morgan fingerprint density at radius 2 is 2.14 bits per heavy atom. The molecule has 0 radical (unpaired) electrons. The van der Waals surface area contributed by atoms with Gasteiger partial charge in [0, 0.05) is 11.1 Å². The Morgan fingerprint density at radius 3 is 2.64 bits per heavy atom. The largest absolute Gasteiger partial charge is 0.508 e. The molecule has 0 atom stereocenters. The predicted molar refractivity (Wildman–Crippen MR) is 55.2 cm³/mol. The second-order valence-electron chi connectivity index (χ2n) is 3.77. The summed E-state index contributed by atoms with van der Waals surface area (Å²) in [5.41, 5.74) is 6.27. The molecule has 1 rings (SSSR count). The molecule has 0 fully saturated rings. The molecular formula is C11H15NO2. The summed E-state index contributed by atoms with van der Waals surface area (Å²) in [4.78, 5) is 11.1. The number of phenolic OH excluding ortho intramolecular Hbond substituents is 1. The van der Waals surface area contributed by atoms with E-state index in [0.717, 1.165) is 0 Å². The molecule has 0 saturated carbocycles. The maximum atomic E-state index is 11.1. The molecule has 3 N–H and O–H groups in total. The summed E-state index contributed by atoms with van der Waals surface area (Å²) in [5, 5.41) is 9.58. The Morgan fingerprint density at radius 1 is 1.50 bits per heavy atom. The highest BCUT2D eigenvalue weighted by atomic mass is 16.3. The number of rotatable bonds is 3. The van der Waals surface area contributed by atoms with Gasteiger partial charge in [0.05, 0.1) is 0 Å². The van der Waals surface area contributed by atoms with Gasteiger partial charge >= 0.3 is 0 Å². The Hall–Kier alpha value is -1.51. The van der Waals surface area contributed by atoms with Crippen LogP contribution < -0.4 is 5.73 Å². The molecule has 0 aliphatic rings. The number of phenols is 1. The fourth-order valence-corrected chi connectivity index (χ4v) is 1.43. The Labute approximate surface area is 83.6 Å². The molecule has 1 aromatic carbocycles. The minimum Gasteiger partial charge on any atom is -0.508 e. The first-order chi connectivity index (χ1) is 6.52. The summed E-state index contributed by atoms with van der Waals surface area (Å²) in [7, 11) is 0. The first-order valence-electron chi connectivity index (χ1n) is 4.63. The van der Waals surface area contributed by atoms with E-state index in [1.54, 1.807) is 18.2 Å². The monoisotopic (exact) mass is 193 g/mol. The van der Waals surface area contributed by atoms with Crippen LogP contribution in [0.2, 0.25) is 0 Å². The zero-order chi connectivity index (χ0) is 10.7. The molecule has 0 aliphatic carbocycles. The van der Waals surface area contributed by atoms with Crippen LogP contribution in [-0.4, -0.2) is 11.0 Å². The first kappa shape index (κ1) is 10.6. The minimum atomic E-state index is -0.489. The van der Waals surface area contributed by atoms with E-state index in [0.29, 0.717) is 23.5 Å². The molecule has 0 spiro atoms. The van der Waals surface area contributed by atoms with Crippen molar-refractivity contribution in [2.75, 3.05) is 0 Å². The molecule has 0 heterocycles. The number of carbonyl (C=O) groups excluding carboxylic acids is 1. The van der Waals surface area contributed by atoms with Crippen molar-refractivity contribution in [1.82, 2.24) is 0 Å². The lowest BCUT2D eigenvalue weighted by atomic mass is 9.97. The molecule has 14 heavy (non-hydrogen) atoms. The van der Waals surface area contributed by atoms with Crippen LogP contribution in [-0.2, 0) is 6.42 Å². The summed E-state index contributed by atoms with van der Waals surface area (Å²) in [6, 6.07) is 4.84. The standard InChI is InChI=1S/C11H15NO2/c1-7(2)6-9-8(11(12)14)4-3-5-10(9)13/h3-5,7,13H,6H2,1-2H3,(H2,12,14). The average Bonchev–Trinajstić information content (AvgIpc) is 2.07. The van der Waals surface area contributed by atoms with Crippen LogP contribution in [0.1, 0.15) is 29.8 Å². The van der Waals surface area contributed by atoms with Gasteiger partial charge in [-0.3, -0.25) is 4.79 Å². The molecule has 0 saturated heterocycles. The third kappa shape index (κ3) is 2.25. The van der Waals surface area contributed by atoms with E-state index < -0.39 is 5.91 Å². The van der Waals surface area contributed by atoms with E-state index >= 15 is 0 Å². The van der Waals surface area contributed by atoms with E-state index in [1.807, 2.05) is 13.8 Å². The van der Waals surface area contributed by atoms with Crippen LogP contribution in [0.5, 0.6) is 5.75 Å². The van der Waals surface area contributed by atoms with Crippen molar-refractivity contribution in [3.63, 3.8) is 0 Å². The van der Waals surface area contributed by atoms with E-state index in [-0.39, 0.29) is 5.75 Å². The van der Waals surface area contributed by atoms with Crippen molar-refractivity contribution >= 4 is 5.91 Å². The molecule has 0 bridgehead atoms. The number of benzene rings is 1. The summed E-state index contributed by atoms with van der Waals surface area (Å²) < 4.78 is 0. The number of aromatic hydroxyl groups is 1. The summed E-state index contributed by atoms with van der Waals surface area (Å²) in [5.74, 6) is 0.0351. The second kappa shape index (κ2) is 4.13. The van der Waals surface area contributed by atoms with Crippen molar-refractivity contribution in [3.05, 3.63) is 29.3 Å². The Bertz CT molecular complexity index is 345. The second-order valence-corrected chi connectivity index (χ2v) is 3.77. The fourth-order valence-electron chi connectivity index (χ4n) is 1.43. The van der Waals surface area contributed by atoms with Crippen LogP contribution in [0.15, 0.2) is 18.2 Å². The van der Waals surface area contributed by atoms with Crippen molar-refractivity contribution < 1.29 is 9.90 Å². The zero-order valence-corrected chi connectivity index (χ0v) is 8.45. The Kier molecular flexibility index (Phi) is 3.12. The van der Waals surface area contributed by atoms with Gasteiger partial charge in [-0.1, -0.05) is 19.9 Å². The maximum absolute atomic E-state index is 11.1. The van der Waals surface area contributed by atoms with Crippen LogP contribution >= 0.6 is 0 Å². The lowest BCUT2D eigenvalue weighted by Crippen LogP contribution is -2.14. The van der Waals surface area contributed by atoms with Crippen molar-refractivity contribution in [1.29, 1.82) is 0 Å². The molecule has 0 aromatic heterocycles. The highest BCUT2D eigenvalue weighted by Gasteiger charge is 2.12. The number of nitrogens with two attached hydrogens (primary N) is 1. The highest BCUT2D eigenvalue weighted by Crippen LogP contribution is 2.23. The summed E-state index contributed by atoms with van der Waals surface area (Å²) in [6.07, 6.45) is 0.658. The van der Waals surface area contributed by atoms with Gasteiger partial charge in [-0.2, -0.15) is 0 Å². The molecular weight excluding hydrogens is 178 g/mol. The van der Waals surface area contributed by atoms with E-state index in [4.69, 9.17) is 5.73 Å². The summed E-state index contributed by atoms with van der Waals surface area (Å²) in [6.45, 7) is 4.05. The van der Waals surface area contributed by atoms with E-state index in [2.05, 4.69) is 0 Å². The molecule has 0 aliphatic heterocycles. The third-order valence-corrected chi connectivity index (χ3v) is 2.03. The molecule has 76 valence electrons. The normalized spacial score (nSPS) is 10.5. The summed E-state index contributed by atoms with van der Waals surface area (Å²) >= 11 is 0. The molecule has 3 nitrogen and oxygen atoms in total. The topological polar surface area (TPSA) is 63.3 Å². The lowest BCUT2D eigenvalue weighted by Gasteiger charge is -2.10. The van der Waals surface area contributed by atoms with Crippen molar-refractivity contribution in [2.45, 2.75) is 20.3 Å². The van der Waals surface area contributed by atoms with Gasteiger partial charge in [0.15, 0.2) is 0 Å². The highest BCUT2D eigenvalue weighted by molar-refractivity contribution is 5.95.